The largest absolute Gasteiger partial charge is 0.466 e. The van der Waals surface area contributed by atoms with E-state index in [1.807, 2.05) is 5.32 Å². The molecule has 1 atom stereocenters. The second-order valence-electron chi connectivity index (χ2n) is 3.17. The lowest BCUT2D eigenvalue weighted by Gasteiger charge is -2.20. The highest BCUT2D eigenvalue weighted by atomic mass is 35.6. The Bertz CT molecular complexity index is 391. The summed E-state index contributed by atoms with van der Waals surface area (Å²) in [7, 11) is 1.09. The second-order valence-corrected chi connectivity index (χ2v) is 5.45. The van der Waals surface area contributed by atoms with Crippen LogP contribution < -0.4 is 5.32 Å². The number of esters is 2. The molecular weight excluding hydrogens is 320 g/mol. The van der Waals surface area contributed by atoms with Crippen LogP contribution in [0.1, 0.15) is 6.92 Å². The van der Waals surface area contributed by atoms with Crippen molar-refractivity contribution in [3.05, 3.63) is 12.2 Å². The molecule has 1 amide bonds. The Morgan fingerprint density at radius 2 is 1.84 bits per heavy atom. The zero-order valence-corrected chi connectivity index (χ0v) is 12.4. The standard InChI is InChI=1S/C10H12Cl3NO5/c1-4-19-8(16)6(5(2)7(15)18-3)14-9(17)10(11,12)13/h6H,2,4H2,1,3H3,(H,14,17). The summed E-state index contributed by atoms with van der Waals surface area (Å²) in [5, 5.41) is 2.05. The van der Waals surface area contributed by atoms with Crippen LogP contribution in [0.15, 0.2) is 12.2 Å². The van der Waals surface area contributed by atoms with Gasteiger partial charge in [-0.2, -0.15) is 0 Å². The van der Waals surface area contributed by atoms with Crippen LogP contribution in [0.25, 0.3) is 0 Å². The number of methoxy groups -OCH3 is 1. The molecule has 0 radical (unpaired) electrons. The summed E-state index contributed by atoms with van der Waals surface area (Å²) in [6.07, 6.45) is 0. The summed E-state index contributed by atoms with van der Waals surface area (Å²) in [6, 6.07) is -1.49. The van der Waals surface area contributed by atoms with Gasteiger partial charge in [0.15, 0.2) is 6.04 Å². The van der Waals surface area contributed by atoms with E-state index < -0.39 is 27.7 Å². The molecular formula is C10H12Cl3NO5. The molecule has 0 aromatic carbocycles. The van der Waals surface area contributed by atoms with Crippen molar-refractivity contribution >= 4 is 52.6 Å². The molecule has 0 aliphatic heterocycles. The van der Waals surface area contributed by atoms with Crippen molar-refractivity contribution in [2.45, 2.75) is 16.8 Å². The van der Waals surface area contributed by atoms with E-state index in [1.54, 1.807) is 6.92 Å². The summed E-state index contributed by atoms with van der Waals surface area (Å²) in [4.78, 5) is 34.4. The highest BCUT2D eigenvalue weighted by Crippen LogP contribution is 2.26. The maximum Gasteiger partial charge on any atom is 0.335 e. The van der Waals surface area contributed by atoms with Crippen LogP contribution in [0, 0.1) is 0 Å². The molecule has 0 bridgehead atoms. The molecule has 0 heterocycles. The van der Waals surface area contributed by atoms with Gasteiger partial charge in [0.25, 0.3) is 9.70 Å². The predicted octanol–water partition coefficient (Wildman–Crippen LogP) is 1.13. The fourth-order valence-electron chi connectivity index (χ4n) is 0.976. The Balaban J connectivity index is 5.08. The average molecular weight is 333 g/mol. The van der Waals surface area contributed by atoms with E-state index in [0.717, 1.165) is 7.11 Å². The van der Waals surface area contributed by atoms with Crippen molar-refractivity contribution in [2.24, 2.45) is 0 Å². The Labute approximate surface area is 125 Å². The SMILES string of the molecule is C=C(C(=O)OC)C(NC(=O)C(Cl)(Cl)Cl)C(=O)OCC. The van der Waals surface area contributed by atoms with Gasteiger partial charge in [-0.3, -0.25) is 4.79 Å². The number of ether oxygens (including phenoxy) is 2. The quantitative estimate of drug-likeness (QED) is 0.464. The number of hydrogen-bond acceptors (Lipinski definition) is 5. The normalized spacial score (nSPS) is 12.3. The zero-order valence-electron chi connectivity index (χ0n) is 10.2. The van der Waals surface area contributed by atoms with Crippen molar-refractivity contribution < 1.29 is 23.9 Å². The van der Waals surface area contributed by atoms with Gasteiger partial charge in [0.2, 0.25) is 0 Å². The van der Waals surface area contributed by atoms with Crippen LogP contribution in [0.2, 0.25) is 0 Å². The third kappa shape index (κ3) is 5.67. The fraction of sp³-hybridized carbons (Fsp3) is 0.500. The fourth-order valence-corrected chi connectivity index (χ4v) is 1.14. The lowest BCUT2D eigenvalue weighted by Crippen LogP contribution is -2.48. The second kappa shape index (κ2) is 7.57. The number of rotatable bonds is 5. The van der Waals surface area contributed by atoms with E-state index in [1.165, 1.54) is 0 Å². The average Bonchev–Trinajstić information content (AvgIpc) is 2.32. The summed E-state index contributed by atoms with van der Waals surface area (Å²) < 4.78 is 6.78. The number of carbonyl (C=O) groups excluding carboxylic acids is 3. The predicted molar refractivity (Wildman–Crippen MR) is 70.0 cm³/mol. The molecule has 0 saturated carbocycles. The molecule has 9 heteroatoms. The molecule has 0 saturated heterocycles. The van der Waals surface area contributed by atoms with Gasteiger partial charge in [-0.05, 0) is 6.92 Å². The first-order chi connectivity index (χ1) is 8.65. The molecule has 1 unspecified atom stereocenters. The molecule has 0 spiro atoms. The monoisotopic (exact) mass is 331 g/mol. The Hall–Kier alpha value is -0.980. The van der Waals surface area contributed by atoms with Gasteiger partial charge < -0.3 is 14.8 Å². The summed E-state index contributed by atoms with van der Waals surface area (Å²) >= 11 is 16.0. The van der Waals surface area contributed by atoms with E-state index in [0.29, 0.717) is 0 Å². The lowest BCUT2D eigenvalue weighted by molar-refractivity contribution is -0.148. The number of amides is 1. The molecule has 1 N–H and O–H groups in total. The molecule has 108 valence electrons. The van der Waals surface area contributed by atoms with Crippen LogP contribution in [0.3, 0.4) is 0 Å². The van der Waals surface area contributed by atoms with E-state index in [-0.39, 0.29) is 12.2 Å². The van der Waals surface area contributed by atoms with Crippen LogP contribution in [-0.4, -0.2) is 41.4 Å². The molecule has 0 aromatic heterocycles. The van der Waals surface area contributed by atoms with Crippen molar-refractivity contribution in [3.63, 3.8) is 0 Å². The van der Waals surface area contributed by atoms with Gasteiger partial charge in [-0.25, -0.2) is 9.59 Å². The smallest absolute Gasteiger partial charge is 0.335 e. The van der Waals surface area contributed by atoms with E-state index in [4.69, 9.17) is 34.8 Å². The van der Waals surface area contributed by atoms with Gasteiger partial charge in [0, 0.05) is 0 Å². The van der Waals surface area contributed by atoms with Crippen LogP contribution in [0.4, 0.5) is 0 Å². The topological polar surface area (TPSA) is 81.7 Å². The van der Waals surface area contributed by atoms with Gasteiger partial charge in [-0.1, -0.05) is 41.4 Å². The third-order valence-electron chi connectivity index (χ3n) is 1.85. The maximum atomic E-state index is 11.6. The highest BCUT2D eigenvalue weighted by molar-refractivity contribution is 6.76. The minimum absolute atomic E-state index is 0.0351. The van der Waals surface area contributed by atoms with Crippen LogP contribution in [0.5, 0.6) is 0 Å². The van der Waals surface area contributed by atoms with Gasteiger partial charge in [-0.15, -0.1) is 0 Å². The first-order valence-electron chi connectivity index (χ1n) is 4.96. The number of carbonyl (C=O) groups is 3. The van der Waals surface area contributed by atoms with Crippen molar-refractivity contribution in [1.82, 2.24) is 5.32 Å². The molecule has 19 heavy (non-hydrogen) atoms. The first kappa shape index (κ1) is 18.0. The summed E-state index contributed by atoms with van der Waals surface area (Å²) in [5.41, 5.74) is -0.344. The van der Waals surface area contributed by atoms with Gasteiger partial charge >= 0.3 is 11.9 Å². The molecule has 0 aliphatic rings. The number of hydrogen-bond donors (Lipinski definition) is 1. The minimum atomic E-state index is -2.29. The third-order valence-corrected chi connectivity index (χ3v) is 2.37. The number of halogens is 3. The van der Waals surface area contributed by atoms with Crippen molar-refractivity contribution in [3.8, 4) is 0 Å². The van der Waals surface area contributed by atoms with E-state index >= 15 is 0 Å². The van der Waals surface area contributed by atoms with Gasteiger partial charge in [0.1, 0.15) is 0 Å². The minimum Gasteiger partial charge on any atom is -0.466 e. The Kier molecular flexibility index (Phi) is 7.18. The van der Waals surface area contributed by atoms with E-state index in [2.05, 4.69) is 16.1 Å². The lowest BCUT2D eigenvalue weighted by atomic mass is 10.1. The molecule has 0 aromatic rings. The summed E-state index contributed by atoms with van der Waals surface area (Å²) in [5.74, 6) is -2.91. The van der Waals surface area contributed by atoms with Crippen molar-refractivity contribution in [1.29, 1.82) is 0 Å². The summed E-state index contributed by atoms with van der Waals surface area (Å²) in [6.45, 7) is 4.93. The van der Waals surface area contributed by atoms with Gasteiger partial charge in [0.05, 0.1) is 19.3 Å². The maximum absolute atomic E-state index is 11.6. The zero-order chi connectivity index (χ0) is 15.2. The first-order valence-corrected chi connectivity index (χ1v) is 6.10. The molecule has 6 nitrogen and oxygen atoms in total. The van der Waals surface area contributed by atoms with Crippen molar-refractivity contribution in [2.75, 3.05) is 13.7 Å². The number of nitrogens with one attached hydrogen (secondary N) is 1. The molecule has 0 aliphatic carbocycles. The number of alkyl halides is 3. The van der Waals surface area contributed by atoms with Crippen LogP contribution in [-0.2, 0) is 23.9 Å². The Morgan fingerprint density at radius 1 is 1.32 bits per heavy atom. The molecule has 0 fully saturated rings. The highest BCUT2D eigenvalue weighted by Gasteiger charge is 2.37. The van der Waals surface area contributed by atoms with E-state index in [9.17, 15) is 14.4 Å². The Morgan fingerprint density at radius 3 is 2.21 bits per heavy atom. The molecule has 0 rings (SSSR count). The van der Waals surface area contributed by atoms with Crippen LogP contribution >= 0.6 is 34.8 Å².